The van der Waals surface area contributed by atoms with Crippen molar-refractivity contribution in [3.8, 4) is 0 Å². The maximum absolute atomic E-state index is 11.7. The van der Waals surface area contributed by atoms with E-state index in [0.717, 1.165) is 39.0 Å². The number of anilines is 1. The molecule has 1 saturated heterocycles. The molecule has 0 aromatic heterocycles. The van der Waals surface area contributed by atoms with E-state index in [1.54, 1.807) is 0 Å². The van der Waals surface area contributed by atoms with Gasteiger partial charge < -0.3 is 15.5 Å². The van der Waals surface area contributed by atoms with Crippen molar-refractivity contribution in [3.63, 3.8) is 0 Å². The SMILES string of the molecule is CCCNCc1cc(C)ccc1N1CCCNC(=O)C1. The number of amides is 1. The minimum atomic E-state index is 0.121. The predicted molar refractivity (Wildman–Crippen MR) is 83.0 cm³/mol. The summed E-state index contributed by atoms with van der Waals surface area (Å²) < 4.78 is 0. The van der Waals surface area contributed by atoms with Gasteiger partial charge >= 0.3 is 0 Å². The predicted octanol–water partition coefficient (Wildman–Crippen LogP) is 1.82. The van der Waals surface area contributed by atoms with Gasteiger partial charge in [-0.1, -0.05) is 24.6 Å². The fourth-order valence-corrected chi connectivity index (χ4v) is 2.58. The maximum atomic E-state index is 11.7. The van der Waals surface area contributed by atoms with Gasteiger partial charge in [0.2, 0.25) is 5.91 Å². The monoisotopic (exact) mass is 275 g/mol. The van der Waals surface area contributed by atoms with Crippen LogP contribution in [0.3, 0.4) is 0 Å². The lowest BCUT2D eigenvalue weighted by molar-refractivity contribution is -0.119. The van der Waals surface area contributed by atoms with Crippen molar-refractivity contribution in [2.24, 2.45) is 0 Å². The van der Waals surface area contributed by atoms with Crippen molar-refractivity contribution < 1.29 is 4.79 Å². The van der Waals surface area contributed by atoms with E-state index in [-0.39, 0.29) is 5.91 Å². The second-order valence-electron chi connectivity index (χ2n) is 5.43. The summed E-state index contributed by atoms with van der Waals surface area (Å²) in [6, 6.07) is 6.50. The fourth-order valence-electron chi connectivity index (χ4n) is 2.58. The third-order valence-corrected chi connectivity index (χ3v) is 3.58. The number of aryl methyl sites for hydroxylation is 1. The highest BCUT2D eigenvalue weighted by Gasteiger charge is 2.17. The Kier molecular flexibility index (Phi) is 5.41. The number of nitrogens with zero attached hydrogens (tertiary/aromatic N) is 1. The van der Waals surface area contributed by atoms with E-state index in [4.69, 9.17) is 0 Å². The molecule has 2 rings (SSSR count). The van der Waals surface area contributed by atoms with Gasteiger partial charge in [0, 0.05) is 25.3 Å². The number of hydrogen-bond acceptors (Lipinski definition) is 3. The Balaban J connectivity index is 2.17. The van der Waals surface area contributed by atoms with E-state index in [0.29, 0.717) is 6.54 Å². The van der Waals surface area contributed by atoms with Crippen LogP contribution in [0.25, 0.3) is 0 Å². The first-order valence-corrected chi connectivity index (χ1v) is 7.52. The standard InChI is InChI=1S/C16H25N3O/c1-3-7-17-11-14-10-13(2)5-6-15(14)19-9-4-8-18-16(20)12-19/h5-6,10,17H,3-4,7-9,11-12H2,1-2H3,(H,18,20). The van der Waals surface area contributed by atoms with Crippen LogP contribution >= 0.6 is 0 Å². The summed E-state index contributed by atoms with van der Waals surface area (Å²) in [5.41, 5.74) is 3.74. The number of carbonyl (C=O) groups excluding carboxylic acids is 1. The average molecular weight is 275 g/mol. The summed E-state index contributed by atoms with van der Waals surface area (Å²) >= 11 is 0. The van der Waals surface area contributed by atoms with Crippen LogP contribution in [0.2, 0.25) is 0 Å². The third-order valence-electron chi connectivity index (χ3n) is 3.58. The lowest BCUT2D eigenvalue weighted by Crippen LogP contribution is -2.33. The van der Waals surface area contributed by atoms with Crippen LogP contribution in [0.1, 0.15) is 30.9 Å². The van der Waals surface area contributed by atoms with Gasteiger partial charge in [-0.3, -0.25) is 4.79 Å². The molecule has 4 heteroatoms. The van der Waals surface area contributed by atoms with Gasteiger partial charge in [0.1, 0.15) is 0 Å². The molecule has 0 unspecified atom stereocenters. The first-order valence-electron chi connectivity index (χ1n) is 7.52. The van der Waals surface area contributed by atoms with Gasteiger partial charge in [-0.25, -0.2) is 0 Å². The van der Waals surface area contributed by atoms with E-state index < -0.39 is 0 Å². The first kappa shape index (κ1) is 14.9. The molecule has 20 heavy (non-hydrogen) atoms. The van der Waals surface area contributed by atoms with Crippen molar-refractivity contribution in [2.45, 2.75) is 33.2 Å². The zero-order valence-electron chi connectivity index (χ0n) is 12.5. The van der Waals surface area contributed by atoms with Crippen molar-refractivity contribution >= 4 is 11.6 Å². The Morgan fingerprint density at radius 2 is 2.25 bits per heavy atom. The quantitative estimate of drug-likeness (QED) is 0.806. The number of nitrogens with one attached hydrogen (secondary N) is 2. The molecule has 1 aromatic carbocycles. The summed E-state index contributed by atoms with van der Waals surface area (Å²) in [6.07, 6.45) is 2.13. The maximum Gasteiger partial charge on any atom is 0.239 e. The number of hydrogen-bond donors (Lipinski definition) is 2. The summed E-state index contributed by atoms with van der Waals surface area (Å²) in [5.74, 6) is 0.121. The third kappa shape index (κ3) is 3.97. The van der Waals surface area contributed by atoms with Crippen LogP contribution in [0.4, 0.5) is 5.69 Å². The molecule has 1 heterocycles. The minimum absolute atomic E-state index is 0.121. The van der Waals surface area contributed by atoms with Gasteiger partial charge in [-0.15, -0.1) is 0 Å². The Labute approximate surface area is 121 Å². The molecule has 1 aromatic rings. The van der Waals surface area contributed by atoms with E-state index >= 15 is 0 Å². The molecule has 0 aliphatic carbocycles. The molecule has 1 aliphatic rings. The molecule has 0 bridgehead atoms. The summed E-state index contributed by atoms with van der Waals surface area (Å²) in [7, 11) is 0. The molecule has 4 nitrogen and oxygen atoms in total. The largest absolute Gasteiger partial charge is 0.362 e. The van der Waals surface area contributed by atoms with Crippen molar-refractivity contribution in [3.05, 3.63) is 29.3 Å². The van der Waals surface area contributed by atoms with Crippen LogP contribution < -0.4 is 15.5 Å². The highest BCUT2D eigenvalue weighted by molar-refractivity contribution is 5.82. The normalized spacial score (nSPS) is 15.9. The van der Waals surface area contributed by atoms with Crippen LogP contribution in [-0.4, -0.2) is 32.1 Å². The van der Waals surface area contributed by atoms with Gasteiger partial charge in [-0.05, 0) is 37.9 Å². The molecule has 1 aliphatic heterocycles. The highest BCUT2D eigenvalue weighted by atomic mass is 16.2. The Morgan fingerprint density at radius 3 is 3.05 bits per heavy atom. The highest BCUT2D eigenvalue weighted by Crippen LogP contribution is 2.23. The van der Waals surface area contributed by atoms with Crippen molar-refractivity contribution in [1.29, 1.82) is 0 Å². The molecule has 1 amide bonds. The zero-order valence-corrected chi connectivity index (χ0v) is 12.5. The molecule has 0 saturated carbocycles. The Bertz CT molecular complexity index is 459. The molecule has 0 atom stereocenters. The minimum Gasteiger partial charge on any atom is -0.362 e. The molecule has 0 spiro atoms. The van der Waals surface area contributed by atoms with Gasteiger partial charge in [0.25, 0.3) is 0 Å². The summed E-state index contributed by atoms with van der Waals surface area (Å²) in [5, 5.41) is 6.39. The molecule has 0 radical (unpaired) electrons. The fraction of sp³-hybridized carbons (Fsp3) is 0.562. The van der Waals surface area contributed by atoms with Crippen molar-refractivity contribution in [2.75, 3.05) is 31.1 Å². The molecule has 1 fully saturated rings. The summed E-state index contributed by atoms with van der Waals surface area (Å²) in [4.78, 5) is 13.9. The lowest BCUT2D eigenvalue weighted by atomic mass is 10.1. The van der Waals surface area contributed by atoms with Crippen molar-refractivity contribution in [1.82, 2.24) is 10.6 Å². The van der Waals surface area contributed by atoms with Gasteiger partial charge in [-0.2, -0.15) is 0 Å². The average Bonchev–Trinajstić information content (AvgIpc) is 2.64. The van der Waals surface area contributed by atoms with Gasteiger partial charge in [0.15, 0.2) is 0 Å². The number of rotatable bonds is 5. The van der Waals surface area contributed by atoms with Gasteiger partial charge in [0.05, 0.1) is 6.54 Å². The Morgan fingerprint density at radius 1 is 1.40 bits per heavy atom. The van der Waals surface area contributed by atoms with Crippen LogP contribution in [-0.2, 0) is 11.3 Å². The van der Waals surface area contributed by atoms with E-state index in [2.05, 4.69) is 47.6 Å². The summed E-state index contributed by atoms with van der Waals surface area (Å²) in [6.45, 7) is 8.35. The molecule has 110 valence electrons. The number of benzene rings is 1. The molecule has 2 N–H and O–H groups in total. The van der Waals surface area contributed by atoms with Crippen LogP contribution in [0.15, 0.2) is 18.2 Å². The van der Waals surface area contributed by atoms with E-state index in [1.807, 2.05) is 0 Å². The van der Waals surface area contributed by atoms with E-state index in [9.17, 15) is 4.79 Å². The van der Waals surface area contributed by atoms with Crippen LogP contribution in [0, 0.1) is 6.92 Å². The second-order valence-corrected chi connectivity index (χ2v) is 5.43. The number of carbonyl (C=O) groups is 1. The zero-order chi connectivity index (χ0) is 14.4. The lowest BCUT2D eigenvalue weighted by Gasteiger charge is -2.25. The first-order chi connectivity index (χ1) is 9.70. The topological polar surface area (TPSA) is 44.4 Å². The van der Waals surface area contributed by atoms with E-state index in [1.165, 1.54) is 16.8 Å². The molecular formula is C16H25N3O. The Hall–Kier alpha value is -1.55. The van der Waals surface area contributed by atoms with Crippen LogP contribution in [0.5, 0.6) is 0 Å². The smallest absolute Gasteiger partial charge is 0.239 e. The molecular weight excluding hydrogens is 250 g/mol. The second kappa shape index (κ2) is 7.29.